The summed E-state index contributed by atoms with van der Waals surface area (Å²) in [6.07, 6.45) is 3.55. The number of carbonyl (C=O) groups excluding carboxylic acids is 2. The van der Waals surface area contributed by atoms with Crippen LogP contribution in [-0.4, -0.2) is 29.2 Å². The first-order chi connectivity index (χ1) is 8.54. The van der Waals surface area contributed by atoms with Crippen molar-refractivity contribution in [1.82, 2.24) is 4.90 Å². The van der Waals surface area contributed by atoms with Crippen LogP contribution in [0.25, 0.3) is 0 Å². The lowest BCUT2D eigenvalue weighted by atomic mass is 10.1. The number of hydrogen-bond donors (Lipinski definition) is 0. The van der Waals surface area contributed by atoms with Crippen LogP contribution >= 0.6 is 0 Å². The van der Waals surface area contributed by atoms with Crippen molar-refractivity contribution in [2.45, 2.75) is 67.3 Å². The van der Waals surface area contributed by atoms with Gasteiger partial charge < -0.3 is 4.90 Å². The molecule has 0 aromatic rings. The second-order valence-corrected chi connectivity index (χ2v) is 3.39. The topological polar surface area (TPSA) is 37.4 Å². The van der Waals surface area contributed by atoms with E-state index < -0.39 is 0 Å². The van der Waals surface area contributed by atoms with Crippen molar-refractivity contribution in [3.05, 3.63) is 12.7 Å². The van der Waals surface area contributed by atoms with Gasteiger partial charge >= 0.3 is 0 Å². The molecule has 1 atom stereocenters. The van der Waals surface area contributed by atoms with Gasteiger partial charge in [-0.2, -0.15) is 0 Å². The molecule has 1 rings (SSSR count). The van der Waals surface area contributed by atoms with Crippen molar-refractivity contribution in [1.29, 1.82) is 0 Å². The molecule has 1 aliphatic heterocycles. The molecule has 3 heteroatoms. The number of allylic oxidation sites excluding steroid dienone is 1. The number of carbonyl (C=O) groups is 2. The van der Waals surface area contributed by atoms with Gasteiger partial charge in [0.05, 0.1) is 6.04 Å². The van der Waals surface area contributed by atoms with Crippen LogP contribution in [0.1, 0.15) is 61.3 Å². The van der Waals surface area contributed by atoms with Crippen molar-refractivity contribution >= 4 is 11.7 Å². The van der Waals surface area contributed by atoms with Gasteiger partial charge in [0, 0.05) is 13.5 Å². The van der Waals surface area contributed by atoms with Crippen LogP contribution < -0.4 is 0 Å². The molecule has 0 aromatic carbocycles. The first kappa shape index (κ1) is 22.1. The van der Waals surface area contributed by atoms with Gasteiger partial charge in [-0.05, 0) is 26.7 Å². The highest BCUT2D eigenvalue weighted by molar-refractivity contribution is 5.87. The Kier molecular flexibility index (Phi) is 19.5. The molecule has 1 aliphatic rings. The van der Waals surface area contributed by atoms with E-state index in [0.717, 1.165) is 19.4 Å². The molecule has 3 nitrogen and oxygen atoms in total. The van der Waals surface area contributed by atoms with E-state index in [1.54, 1.807) is 17.9 Å². The van der Waals surface area contributed by atoms with E-state index in [1.165, 1.54) is 6.92 Å². The zero-order valence-corrected chi connectivity index (χ0v) is 13.2. The van der Waals surface area contributed by atoms with Crippen LogP contribution in [-0.2, 0) is 9.59 Å². The molecular weight excluding hydrogens is 226 g/mol. The Balaban J connectivity index is -0.000000274. The molecule has 0 unspecified atom stereocenters. The monoisotopic (exact) mass is 257 g/mol. The fourth-order valence-corrected chi connectivity index (χ4v) is 1.57. The average molecular weight is 257 g/mol. The summed E-state index contributed by atoms with van der Waals surface area (Å²) in [7, 11) is 0. The summed E-state index contributed by atoms with van der Waals surface area (Å²) in [5.74, 6) is 0.125. The number of likely N-dealkylation sites (tertiary alicyclic amines) is 1. The van der Waals surface area contributed by atoms with E-state index in [9.17, 15) is 9.59 Å². The van der Waals surface area contributed by atoms with Crippen LogP contribution in [0.15, 0.2) is 12.7 Å². The number of Topliss-reactive ketones (excluding diaryl/α,β-unsaturated/α-hetero) is 1. The molecule has 0 radical (unpaired) electrons. The normalized spacial score (nSPS) is 15.9. The number of amides is 1. The number of ketones is 1. The molecule has 0 spiro atoms. The standard InChI is InChI=1S/C8H13NO2.C3H6.2C2H6/c1-6(10)8-4-3-5-9(8)7(2)11;1-3-2;2*1-2/h8H,3-5H2,1-2H3;3H,1H2,2H3;2*1-2H3/t8-;;;/m0.../s1. The molecule has 0 saturated carbocycles. The van der Waals surface area contributed by atoms with E-state index in [-0.39, 0.29) is 17.7 Å². The number of hydrogen-bond acceptors (Lipinski definition) is 2. The highest BCUT2D eigenvalue weighted by Crippen LogP contribution is 2.17. The number of rotatable bonds is 1. The maximum Gasteiger partial charge on any atom is 0.220 e. The van der Waals surface area contributed by atoms with Gasteiger partial charge in [-0.3, -0.25) is 9.59 Å². The summed E-state index contributed by atoms with van der Waals surface area (Å²) in [5, 5.41) is 0. The first-order valence-corrected chi connectivity index (χ1v) is 6.89. The maximum absolute atomic E-state index is 11.0. The largest absolute Gasteiger partial charge is 0.333 e. The lowest BCUT2D eigenvalue weighted by molar-refractivity contribution is -0.135. The minimum absolute atomic E-state index is 0.0164. The molecule has 0 bridgehead atoms. The summed E-state index contributed by atoms with van der Waals surface area (Å²) in [5.41, 5.74) is 0. The second kappa shape index (κ2) is 15.9. The molecule has 108 valence electrons. The molecule has 0 aromatic heterocycles. The number of nitrogens with zero attached hydrogens (tertiary/aromatic N) is 1. The molecule has 0 N–H and O–H groups in total. The molecule has 1 amide bonds. The summed E-state index contributed by atoms with van der Waals surface area (Å²) < 4.78 is 0. The first-order valence-electron chi connectivity index (χ1n) is 6.89. The quantitative estimate of drug-likeness (QED) is 0.669. The van der Waals surface area contributed by atoms with E-state index >= 15 is 0 Å². The Morgan fingerprint density at radius 3 is 1.78 bits per heavy atom. The Morgan fingerprint density at radius 2 is 1.56 bits per heavy atom. The molecular formula is C15H31NO2. The molecule has 1 heterocycles. The highest BCUT2D eigenvalue weighted by atomic mass is 16.2. The van der Waals surface area contributed by atoms with E-state index in [1.807, 2.05) is 34.6 Å². The minimum atomic E-state index is -0.132. The van der Waals surface area contributed by atoms with Crippen LogP contribution in [0.5, 0.6) is 0 Å². The lowest BCUT2D eigenvalue weighted by Crippen LogP contribution is -2.37. The van der Waals surface area contributed by atoms with Crippen LogP contribution in [0.4, 0.5) is 0 Å². The van der Waals surface area contributed by atoms with Gasteiger partial charge in [0.1, 0.15) is 0 Å². The third-order valence-electron chi connectivity index (χ3n) is 2.13. The van der Waals surface area contributed by atoms with E-state index in [2.05, 4.69) is 6.58 Å². The second-order valence-electron chi connectivity index (χ2n) is 3.39. The van der Waals surface area contributed by atoms with Crippen molar-refractivity contribution in [2.75, 3.05) is 6.54 Å². The lowest BCUT2D eigenvalue weighted by Gasteiger charge is -2.20. The summed E-state index contributed by atoms with van der Waals surface area (Å²) in [6, 6.07) is -0.132. The fourth-order valence-electron chi connectivity index (χ4n) is 1.57. The van der Waals surface area contributed by atoms with Gasteiger partial charge in [-0.25, -0.2) is 0 Å². The predicted octanol–water partition coefficient (Wildman–Crippen LogP) is 3.83. The molecule has 18 heavy (non-hydrogen) atoms. The average Bonchev–Trinajstić information content (AvgIpc) is 2.84. The van der Waals surface area contributed by atoms with E-state index in [4.69, 9.17) is 0 Å². The minimum Gasteiger partial charge on any atom is -0.333 e. The van der Waals surface area contributed by atoms with Crippen LogP contribution in [0.3, 0.4) is 0 Å². The van der Waals surface area contributed by atoms with Gasteiger partial charge in [0.15, 0.2) is 5.78 Å². The van der Waals surface area contributed by atoms with Gasteiger partial charge in [-0.1, -0.05) is 33.8 Å². The van der Waals surface area contributed by atoms with Crippen LogP contribution in [0, 0.1) is 0 Å². The van der Waals surface area contributed by atoms with Crippen molar-refractivity contribution in [2.24, 2.45) is 0 Å². The Morgan fingerprint density at radius 1 is 1.17 bits per heavy atom. The smallest absolute Gasteiger partial charge is 0.220 e. The van der Waals surface area contributed by atoms with Gasteiger partial charge in [0.25, 0.3) is 0 Å². The third-order valence-corrected chi connectivity index (χ3v) is 2.13. The van der Waals surface area contributed by atoms with Gasteiger partial charge in [-0.15, -0.1) is 6.58 Å². The van der Waals surface area contributed by atoms with Crippen molar-refractivity contribution < 1.29 is 9.59 Å². The fraction of sp³-hybridized carbons (Fsp3) is 0.733. The molecule has 1 saturated heterocycles. The molecule has 0 aliphatic carbocycles. The maximum atomic E-state index is 11.0. The Bertz CT molecular complexity index is 205. The van der Waals surface area contributed by atoms with Gasteiger partial charge in [0.2, 0.25) is 5.91 Å². The van der Waals surface area contributed by atoms with E-state index in [0.29, 0.717) is 0 Å². The summed E-state index contributed by atoms with van der Waals surface area (Å²) >= 11 is 0. The zero-order valence-electron chi connectivity index (χ0n) is 13.2. The summed E-state index contributed by atoms with van der Waals surface area (Å²) in [6.45, 7) is 17.1. The zero-order chi connectivity index (χ0) is 15.1. The predicted molar refractivity (Wildman–Crippen MR) is 79.7 cm³/mol. The summed E-state index contributed by atoms with van der Waals surface area (Å²) in [4.78, 5) is 23.6. The Labute approximate surface area is 113 Å². The van der Waals surface area contributed by atoms with Crippen molar-refractivity contribution in [3.63, 3.8) is 0 Å². The van der Waals surface area contributed by atoms with Crippen molar-refractivity contribution in [3.8, 4) is 0 Å². The third kappa shape index (κ3) is 10.1. The molecule has 1 fully saturated rings. The SMILES string of the molecule is C=CC.CC.CC.CC(=O)[C@@H]1CCCN1C(C)=O. The highest BCUT2D eigenvalue weighted by Gasteiger charge is 2.29. The van der Waals surface area contributed by atoms with Crippen LogP contribution in [0.2, 0.25) is 0 Å². The Hall–Kier alpha value is -1.12.